The first-order valence-corrected chi connectivity index (χ1v) is 33.4. The van der Waals surface area contributed by atoms with Gasteiger partial charge in [0.25, 0.3) is 0 Å². The Balaban J connectivity index is 0.000000254. The molecule has 0 unspecified atom stereocenters. The van der Waals surface area contributed by atoms with Gasteiger partial charge in [0.1, 0.15) is 17.1 Å². The second-order valence-corrected chi connectivity index (χ2v) is 25.7. The van der Waals surface area contributed by atoms with Gasteiger partial charge in [0.15, 0.2) is 36.6 Å². The van der Waals surface area contributed by atoms with Crippen molar-refractivity contribution in [3.05, 3.63) is 233 Å². The summed E-state index contributed by atoms with van der Waals surface area (Å²) in [5.74, 6) is -2.75. The lowest BCUT2D eigenvalue weighted by Gasteiger charge is -2.47. The molecule has 0 radical (unpaired) electrons. The molecule has 0 N–H and O–H groups in total. The molecule has 22 heteroatoms. The second-order valence-electron chi connectivity index (χ2n) is 25.7. The van der Waals surface area contributed by atoms with Gasteiger partial charge in [-0.2, -0.15) is 0 Å². The van der Waals surface area contributed by atoms with Crippen LogP contribution in [0, 0.1) is 38.5 Å². The number of pyridine rings is 7. The van der Waals surface area contributed by atoms with Gasteiger partial charge in [-0.3, -0.25) is 34.9 Å². The van der Waals surface area contributed by atoms with Gasteiger partial charge in [0.05, 0.1) is 38.9 Å². The third-order valence-corrected chi connectivity index (χ3v) is 17.7. The van der Waals surface area contributed by atoms with Gasteiger partial charge < -0.3 is 37.9 Å². The van der Waals surface area contributed by atoms with E-state index in [0.29, 0.717) is 11.3 Å². The number of ether oxygens (including phenoxy) is 8. The first kappa shape index (κ1) is 72.6. The Morgan fingerprint density at radius 1 is 0.404 bits per heavy atom. The van der Waals surface area contributed by atoms with Crippen LogP contribution in [0.15, 0.2) is 172 Å². The predicted octanol–water partition coefficient (Wildman–Crippen LogP) is 13.5. The molecule has 0 saturated heterocycles. The zero-order valence-electron chi connectivity index (χ0n) is 56.9. The molecule has 10 rings (SSSR count). The van der Waals surface area contributed by atoms with Gasteiger partial charge in [0, 0.05) is 92.3 Å². The number of aromatic nitrogens is 7. The van der Waals surface area contributed by atoms with E-state index < -0.39 is 72.4 Å². The van der Waals surface area contributed by atoms with Crippen LogP contribution in [-0.4, -0.2) is 119 Å². The third kappa shape index (κ3) is 19.8. The van der Waals surface area contributed by atoms with Crippen LogP contribution in [-0.2, 0) is 34.8 Å². The average Bonchev–Trinajstić information content (AvgIpc) is 0.682. The summed E-state index contributed by atoms with van der Waals surface area (Å²) in [4.78, 5) is 124. The summed E-state index contributed by atoms with van der Waals surface area (Å²) >= 11 is 0. The Bertz CT molecular complexity index is 3540. The first-order valence-electron chi connectivity index (χ1n) is 33.4. The fraction of sp³-hybridized carbons (Fsp3) is 0.377. The molecule has 8 heterocycles. The molecule has 99 heavy (non-hydrogen) atoms. The smallest absolute Gasteiger partial charge is 0.345 e. The van der Waals surface area contributed by atoms with Crippen LogP contribution >= 0.6 is 0 Å². The second kappa shape index (κ2) is 35.0. The summed E-state index contributed by atoms with van der Waals surface area (Å²) < 4.78 is 48.8. The van der Waals surface area contributed by atoms with E-state index in [1.165, 1.54) is 204 Å². The Kier molecular flexibility index (Phi) is 25.7. The Morgan fingerprint density at radius 3 is 0.970 bits per heavy atom. The van der Waals surface area contributed by atoms with Crippen LogP contribution < -0.4 is 9.47 Å². The van der Waals surface area contributed by atoms with Gasteiger partial charge in [0.2, 0.25) is 0 Å². The van der Waals surface area contributed by atoms with Crippen molar-refractivity contribution in [1.29, 1.82) is 0 Å². The van der Waals surface area contributed by atoms with Crippen LogP contribution in [0.5, 0.6) is 11.5 Å². The van der Waals surface area contributed by atoms with E-state index >= 15 is 0 Å². The number of rotatable bonds is 26. The molecule has 1 aliphatic heterocycles. The maximum absolute atomic E-state index is 14.0. The van der Waals surface area contributed by atoms with Crippen molar-refractivity contribution in [1.82, 2.24) is 34.9 Å². The number of carbonyl (C=O) groups is 7. The van der Waals surface area contributed by atoms with Crippen LogP contribution in [0.3, 0.4) is 0 Å². The van der Waals surface area contributed by atoms with Crippen LogP contribution in [0.25, 0.3) is 0 Å². The number of benzene rings is 1. The number of nitrogens with zero attached hydrogens (tertiary/aromatic N) is 7. The molecule has 516 valence electrons. The predicted molar refractivity (Wildman–Crippen MR) is 363 cm³/mol. The van der Waals surface area contributed by atoms with E-state index in [-0.39, 0.29) is 45.0 Å². The highest BCUT2D eigenvalue weighted by atomic mass is 16.7. The maximum Gasteiger partial charge on any atom is 0.345 e. The lowest BCUT2D eigenvalue weighted by molar-refractivity contribution is -0.223. The molecule has 8 aromatic rings. The van der Waals surface area contributed by atoms with E-state index in [1.54, 1.807) is 24.5 Å². The summed E-state index contributed by atoms with van der Waals surface area (Å²) in [6.45, 7) is 18.0. The van der Waals surface area contributed by atoms with E-state index in [1.807, 2.05) is 6.92 Å². The molecule has 1 aromatic carbocycles. The maximum atomic E-state index is 14.0. The zero-order valence-corrected chi connectivity index (χ0v) is 56.9. The highest BCUT2D eigenvalue weighted by molar-refractivity contribution is 5.94. The van der Waals surface area contributed by atoms with Gasteiger partial charge in [-0.15, -0.1) is 0 Å². The molecule has 1 aliphatic carbocycles. The molecule has 3 atom stereocenters. The molecular formula is C77H83N7O15. The highest BCUT2D eigenvalue weighted by Crippen LogP contribution is 2.46. The lowest BCUT2D eigenvalue weighted by atomic mass is 9.83. The molecule has 1 fully saturated rings. The molecule has 0 amide bonds. The molecule has 2 aliphatic rings. The molecule has 0 spiro atoms. The van der Waals surface area contributed by atoms with E-state index in [0.717, 1.165) is 59.5 Å². The molecule has 22 nitrogen and oxygen atoms in total. The van der Waals surface area contributed by atoms with Crippen molar-refractivity contribution in [3.8, 4) is 11.5 Å². The van der Waals surface area contributed by atoms with E-state index in [9.17, 15) is 33.6 Å². The topological polar surface area (TPSA) is 284 Å². The minimum Gasteiger partial charge on any atom is -0.487 e. The van der Waals surface area contributed by atoms with Gasteiger partial charge >= 0.3 is 41.8 Å². The van der Waals surface area contributed by atoms with Crippen molar-refractivity contribution in [2.45, 2.75) is 168 Å². The molecule has 7 aromatic heterocycles. The molecule has 1 saturated carbocycles. The standard InChI is InChI=1S/C42H30N6O12.C35H53NO3/c49-37(25-7-1-13-43-19-25)55-31-32(56-38(50)26-8-2-14-44-20-26)34(58-40(52)28-10-4-16-46-22-28)36(60-42(54)30-12-6-18-48-24-30)35(59-41(53)29-11-5-17-47-23-29)33(31)57-39(51)27-9-3-15-45-21-27;1-24(2)13-9-14-25(3)15-10-16-26(4)17-11-20-35(8)21-19-31-29(7)32(27(5)28(6)33(31)39-35)38-34(37)30-18-12-22-36-23-30/h1-24,31-36H;12,18,22-26H,9-11,13-17,19-21H2,1-8H3/t31-,32-,33-,34+,35-,36-;25-,26-,35-/m.1/s1. The Morgan fingerprint density at radius 2 is 0.687 bits per heavy atom. The number of esters is 7. The fourth-order valence-electron chi connectivity index (χ4n) is 12.0. The number of carbonyl (C=O) groups excluding carboxylic acids is 7. The zero-order chi connectivity index (χ0) is 70.4. The van der Waals surface area contributed by atoms with Crippen molar-refractivity contribution >= 4 is 41.8 Å². The number of hydrogen-bond acceptors (Lipinski definition) is 22. The summed E-state index contributed by atoms with van der Waals surface area (Å²) in [5.41, 5.74) is 3.92. The van der Waals surface area contributed by atoms with Crippen LogP contribution in [0.2, 0.25) is 0 Å². The van der Waals surface area contributed by atoms with Crippen molar-refractivity contribution < 1.29 is 71.5 Å². The average molecular weight is 1350 g/mol. The fourth-order valence-corrected chi connectivity index (χ4v) is 12.0. The molecule has 0 bridgehead atoms. The summed E-state index contributed by atoms with van der Waals surface area (Å²) in [6.07, 6.45) is 20.4. The van der Waals surface area contributed by atoms with Crippen molar-refractivity contribution in [3.63, 3.8) is 0 Å². The van der Waals surface area contributed by atoms with Crippen LogP contribution in [0.1, 0.15) is 194 Å². The summed E-state index contributed by atoms with van der Waals surface area (Å²) in [7, 11) is 0. The van der Waals surface area contributed by atoms with Gasteiger partial charge in [-0.25, -0.2) is 33.6 Å². The van der Waals surface area contributed by atoms with Gasteiger partial charge in [-0.05, 0) is 173 Å². The largest absolute Gasteiger partial charge is 0.487 e. The first-order chi connectivity index (χ1) is 47.8. The van der Waals surface area contributed by atoms with E-state index in [2.05, 4.69) is 83.4 Å². The van der Waals surface area contributed by atoms with E-state index in [4.69, 9.17) is 37.9 Å². The number of fused-ring (bicyclic) bond motifs is 1. The minimum absolute atomic E-state index is 0.106. The summed E-state index contributed by atoms with van der Waals surface area (Å²) in [5, 5.41) is 0. The van der Waals surface area contributed by atoms with Crippen molar-refractivity contribution in [2.75, 3.05) is 0 Å². The van der Waals surface area contributed by atoms with Gasteiger partial charge in [-0.1, -0.05) is 72.6 Å². The Hall–Kier alpha value is -10.6. The SMILES string of the molecule is Cc1c(C)c2c(c(C)c1OC(=O)c1cccnc1)CC[C@@](C)(CCC[C@H](C)CCC[C@H](C)CCCC(C)C)O2.O=C(O[C@H]1[C@H](OC(=O)c2cccnc2)[C@@H](OC(=O)c2cccnc2)[C@H](OC(=O)c2cccnc2)[C@@H](OC(=O)c2cccnc2)[C@H]1OC(=O)c1cccnc1)c1cccnc1. The van der Waals surface area contributed by atoms with Crippen LogP contribution in [0.4, 0.5) is 0 Å². The normalized spacial score (nSPS) is 19.0. The lowest BCUT2D eigenvalue weighted by Crippen LogP contribution is -2.69. The highest BCUT2D eigenvalue weighted by Gasteiger charge is 2.62. The quantitative estimate of drug-likeness (QED) is 0.0276. The number of hydrogen-bond donors (Lipinski definition) is 0. The third-order valence-electron chi connectivity index (χ3n) is 17.7. The van der Waals surface area contributed by atoms with Crippen molar-refractivity contribution in [2.24, 2.45) is 17.8 Å². The summed E-state index contributed by atoms with van der Waals surface area (Å²) in [6, 6.07) is 20.4. The minimum atomic E-state index is -1.99. The molecular weight excluding hydrogens is 1260 g/mol. The monoisotopic (exact) mass is 1350 g/mol. The Labute approximate surface area is 576 Å².